The van der Waals surface area contributed by atoms with Crippen molar-refractivity contribution in [3.63, 3.8) is 0 Å². The van der Waals surface area contributed by atoms with Gasteiger partial charge in [0.1, 0.15) is 0 Å². The lowest BCUT2D eigenvalue weighted by Crippen LogP contribution is -2.65. The monoisotopic (exact) mass is 193 g/mol. The summed E-state index contributed by atoms with van der Waals surface area (Å²) < 4.78 is 0. The van der Waals surface area contributed by atoms with Crippen molar-refractivity contribution < 1.29 is 10.2 Å². The lowest BCUT2D eigenvalue weighted by molar-refractivity contribution is -0.128. The van der Waals surface area contributed by atoms with Crippen molar-refractivity contribution >= 4 is 12.4 Å². The van der Waals surface area contributed by atoms with E-state index in [0.29, 0.717) is 5.41 Å². The maximum Gasteiger partial charge on any atom is 0.0509 e. The molecule has 1 spiro atoms. The Labute approximate surface area is 78.6 Å². The maximum atomic E-state index is 9.01. The van der Waals surface area contributed by atoms with Crippen LogP contribution in [0.2, 0.25) is 0 Å². The van der Waals surface area contributed by atoms with Gasteiger partial charge in [0.05, 0.1) is 13.2 Å². The van der Waals surface area contributed by atoms with E-state index >= 15 is 0 Å². The van der Waals surface area contributed by atoms with Crippen LogP contribution < -0.4 is 5.32 Å². The average Bonchev–Trinajstić information content (AvgIpc) is 1.85. The average molecular weight is 194 g/mol. The quantitative estimate of drug-likeness (QED) is 0.568. The zero-order chi connectivity index (χ0) is 7.95. The minimum atomic E-state index is -0.137. The number of halogens is 1. The Hall–Kier alpha value is 0.170. The number of aliphatic hydroxyl groups excluding tert-OH is 2. The Kier molecular flexibility index (Phi) is 2.69. The molecule has 4 heteroatoms. The van der Waals surface area contributed by atoms with E-state index < -0.39 is 0 Å². The van der Waals surface area contributed by atoms with Crippen LogP contribution in [-0.4, -0.2) is 36.5 Å². The summed E-state index contributed by atoms with van der Waals surface area (Å²) in [5.41, 5.74) is 0.313. The maximum absolute atomic E-state index is 9.01. The van der Waals surface area contributed by atoms with Gasteiger partial charge in [-0.2, -0.15) is 0 Å². The molecule has 1 saturated carbocycles. The first-order valence-electron chi connectivity index (χ1n) is 4.17. The molecule has 12 heavy (non-hydrogen) atoms. The number of nitrogens with one attached hydrogen (secondary N) is 1. The van der Waals surface area contributed by atoms with Crippen LogP contribution in [0.4, 0.5) is 0 Å². The molecule has 3 nitrogen and oxygen atoms in total. The summed E-state index contributed by atoms with van der Waals surface area (Å²) in [6.07, 6.45) is 2.00. The van der Waals surface area contributed by atoms with Gasteiger partial charge in [-0.05, 0) is 18.3 Å². The molecule has 0 aromatic heterocycles. The van der Waals surface area contributed by atoms with Gasteiger partial charge in [0.25, 0.3) is 0 Å². The van der Waals surface area contributed by atoms with Crippen molar-refractivity contribution in [2.45, 2.75) is 12.8 Å². The summed E-state index contributed by atoms with van der Waals surface area (Å²) in [4.78, 5) is 0. The smallest absolute Gasteiger partial charge is 0.0509 e. The summed E-state index contributed by atoms with van der Waals surface area (Å²) in [6, 6.07) is 0. The van der Waals surface area contributed by atoms with Gasteiger partial charge in [-0.15, -0.1) is 12.4 Å². The van der Waals surface area contributed by atoms with E-state index in [1.54, 1.807) is 0 Å². The highest BCUT2D eigenvalue weighted by molar-refractivity contribution is 5.85. The van der Waals surface area contributed by atoms with Crippen molar-refractivity contribution in [2.75, 3.05) is 26.3 Å². The first-order chi connectivity index (χ1) is 5.24. The first kappa shape index (κ1) is 10.3. The second-order valence-electron chi connectivity index (χ2n) is 4.27. The fourth-order valence-corrected chi connectivity index (χ4v) is 2.54. The van der Waals surface area contributed by atoms with Crippen LogP contribution in [0, 0.1) is 10.8 Å². The normalized spacial score (nSPS) is 28.5. The Morgan fingerprint density at radius 2 is 1.58 bits per heavy atom. The molecule has 1 aliphatic carbocycles. The lowest BCUT2D eigenvalue weighted by atomic mass is 9.51. The molecule has 0 unspecified atom stereocenters. The number of hydrogen-bond acceptors (Lipinski definition) is 3. The second kappa shape index (κ2) is 3.14. The van der Waals surface area contributed by atoms with Crippen molar-refractivity contribution in [1.82, 2.24) is 5.32 Å². The van der Waals surface area contributed by atoms with Crippen molar-refractivity contribution in [3.8, 4) is 0 Å². The third kappa shape index (κ3) is 1.25. The highest BCUT2D eigenvalue weighted by Gasteiger charge is 2.56. The van der Waals surface area contributed by atoms with E-state index in [2.05, 4.69) is 5.32 Å². The van der Waals surface area contributed by atoms with Gasteiger partial charge in [0.2, 0.25) is 0 Å². The van der Waals surface area contributed by atoms with Crippen LogP contribution in [0.3, 0.4) is 0 Å². The molecule has 2 aliphatic rings. The van der Waals surface area contributed by atoms with E-state index in [0.717, 1.165) is 25.9 Å². The molecule has 2 rings (SSSR count). The Balaban J connectivity index is 0.000000720. The largest absolute Gasteiger partial charge is 0.396 e. The van der Waals surface area contributed by atoms with Crippen LogP contribution in [0.5, 0.6) is 0 Å². The molecular weight excluding hydrogens is 178 g/mol. The van der Waals surface area contributed by atoms with Crippen LogP contribution in [0.15, 0.2) is 0 Å². The molecule has 3 N–H and O–H groups in total. The molecule has 0 aromatic rings. The highest BCUT2D eigenvalue weighted by Crippen LogP contribution is 2.55. The predicted octanol–water partition coefficient (Wildman–Crippen LogP) is -0.237. The van der Waals surface area contributed by atoms with E-state index in [9.17, 15) is 0 Å². The zero-order valence-corrected chi connectivity index (χ0v) is 7.86. The molecule has 0 radical (unpaired) electrons. The van der Waals surface area contributed by atoms with Crippen LogP contribution in [0.25, 0.3) is 0 Å². The fraction of sp³-hybridized carbons (Fsp3) is 1.00. The van der Waals surface area contributed by atoms with Gasteiger partial charge in [-0.1, -0.05) is 0 Å². The minimum Gasteiger partial charge on any atom is -0.396 e. The SMILES string of the molecule is Cl.OCC1(CO)CC2(CNC2)C1. The molecule has 1 saturated heterocycles. The summed E-state index contributed by atoms with van der Waals surface area (Å²) >= 11 is 0. The van der Waals surface area contributed by atoms with Crippen LogP contribution >= 0.6 is 12.4 Å². The molecule has 0 amide bonds. The standard InChI is InChI=1S/C8H15NO2.ClH/c10-5-8(6-11)1-7(2-8)3-9-4-7;/h9-11H,1-6H2;1H. The van der Waals surface area contributed by atoms with Gasteiger partial charge in [0.15, 0.2) is 0 Å². The summed E-state index contributed by atoms with van der Waals surface area (Å²) in [5.74, 6) is 0. The Morgan fingerprint density at radius 3 is 1.83 bits per heavy atom. The highest BCUT2D eigenvalue weighted by atomic mass is 35.5. The fourth-order valence-electron chi connectivity index (χ4n) is 2.54. The number of hydrogen-bond donors (Lipinski definition) is 3. The topological polar surface area (TPSA) is 52.5 Å². The molecule has 1 heterocycles. The minimum absolute atomic E-state index is 0. The molecule has 0 aromatic carbocycles. The van der Waals surface area contributed by atoms with Crippen LogP contribution in [-0.2, 0) is 0 Å². The van der Waals surface area contributed by atoms with Crippen molar-refractivity contribution in [2.24, 2.45) is 10.8 Å². The molecule has 72 valence electrons. The molecule has 2 fully saturated rings. The van der Waals surface area contributed by atoms with Gasteiger partial charge < -0.3 is 15.5 Å². The van der Waals surface area contributed by atoms with E-state index in [1.165, 1.54) is 0 Å². The number of aliphatic hydroxyl groups is 2. The van der Waals surface area contributed by atoms with Gasteiger partial charge >= 0.3 is 0 Å². The molecule has 0 atom stereocenters. The third-order valence-electron chi connectivity index (χ3n) is 3.17. The Morgan fingerprint density at radius 1 is 1.08 bits per heavy atom. The molecule has 1 aliphatic heterocycles. The van der Waals surface area contributed by atoms with Gasteiger partial charge in [0, 0.05) is 18.5 Å². The Bertz CT molecular complexity index is 156. The number of rotatable bonds is 2. The zero-order valence-electron chi connectivity index (χ0n) is 7.05. The summed E-state index contributed by atoms with van der Waals surface area (Å²) in [6.45, 7) is 2.44. The summed E-state index contributed by atoms with van der Waals surface area (Å²) in [7, 11) is 0. The first-order valence-corrected chi connectivity index (χ1v) is 4.17. The van der Waals surface area contributed by atoms with E-state index in [4.69, 9.17) is 10.2 Å². The second-order valence-corrected chi connectivity index (χ2v) is 4.27. The van der Waals surface area contributed by atoms with Gasteiger partial charge in [-0.3, -0.25) is 0 Å². The lowest BCUT2D eigenvalue weighted by Gasteiger charge is -2.60. The molecule has 0 bridgehead atoms. The predicted molar refractivity (Wildman–Crippen MR) is 48.4 cm³/mol. The van der Waals surface area contributed by atoms with Gasteiger partial charge in [-0.25, -0.2) is 0 Å². The van der Waals surface area contributed by atoms with E-state index in [-0.39, 0.29) is 31.0 Å². The molecular formula is C8H16ClNO2. The van der Waals surface area contributed by atoms with Crippen LogP contribution in [0.1, 0.15) is 12.8 Å². The summed E-state index contributed by atoms with van der Waals surface area (Å²) in [5, 5.41) is 21.2. The van der Waals surface area contributed by atoms with E-state index in [1.807, 2.05) is 0 Å². The van der Waals surface area contributed by atoms with Crippen molar-refractivity contribution in [3.05, 3.63) is 0 Å². The van der Waals surface area contributed by atoms with Crippen molar-refractivity contribution in [1.29, 1.82) is 0 Å². The third-order valence-corrected chi connectivity index (χ3v) is 3.17.